The second kappa shape index (κ2) is 8.57. The number of alkyl halides is 6. The molecule has 2 aromatic heterocycles. The molecular weight excluding hydrogens is 500 g/mol. The van der Waals surface area contributed by atoms with Crippen molar-refractivity contribution in [1.82, 2.24) is 19.5 Å². The van der Waals surface area contributed by atoms with Gasteiger partial charge in [-0.05, 0) is 37.6 Å². The lowest BCUT2D eigenvalue weighted by molar-refractivity contribution is -0.274. The van der Waals surface area contributed by atoms with Crippen LogP contribution in [-0.4, -0.2) is 56.6 Å². The fourth-order valence-electron chi connectivity index (χ4n) is 3.79. The van der Waals surface area contributed by atoms with Crippen LogP contribution in [0.4, 0.5) is 32.2 Å². The Kier molecular flexibility index (Phi) is 5.96. The number of anilines is 1. The molecule has 0 saturated heterocycles. The van der Waals surface area contributed by atoms with Crippen LogP contribution in [0.25, 0.3) is 16.9 Å². The first-order valence-electron chi connectivity index (χ1n) is 10.3. The molecule has 9 nitrogen and oxygen atoms in total. The highest BCUT2D eigenvalue weighted by Gasteiger charge is 2.47. The lowest BCUT2D eigenvalue weighted by atomic mass is 10.0. The number of esters is 1. The van der Waals surface area contributed by atoms with Gasteiger partial charge in [0.05, 0.1) is 17.9 Å². The number of hydrogen-bond donors (Lipinski definition) is 1. The summed E-state index contributed by atoms with van der Waals surface area (Å²) in [6, 6.07) is 1.16. The topological polar surface area (TPSA) is 112 Å². The number of carbonyl (C=O) groups excluding carboxylic acids is 2. The van der Waals surface area contributed by atoms with Crippen LogP contribution in [0.5, 0.6) is 5.75 Å². The number of benzene rings is 1. The first-order chi connectivity index (χ1) is 16.7. The summed E-state index contributed by atoms with van der Waals surface area (Å²) in [6.07, 6.45) is -8.70. The van der Waals surface area contributed by atoms with Gasteiger partial charge in [0.1, 0.15) is 17.4 Å². The highest BCUT2D eigenvalue weighted by molar-refractivity contribution is 6.02. The van der Waals surface area contributed by atoms with Crippen LogP contribution in [-0.2, 0) is 11.3 Å². The molecule has 0 fully saturated rings. The summed E-state index contributed by atoms with van der Waals surface area (Å²) in [5, 5.41) is 3.94. The maximum absolute atomic E-state index is 13.3. The van der Waals surface area contributed by atoms with Crippen molar-refractivity contribution in [3.05, 3.63) is 41.1 Å². The summed E-state index contributed by atoms with van der Waals surface area (Å²) < 4.78 is 89.2. The second-order valence-corrected chi connectivity index (χ2v) is 7.77. The predicted molar refractivity (Wildman–Crippen MR) is 111 cm³/mol. The zero-order valence-corrected chi connectivity index (χ0v) is 18.6. The van der Waals surface area contributed by atoms with Gasteiger partial charge in [0.2, 0.25) is 0 Å². The summed E-state index contributed by atoms with van der Waals surface area (Å²) in [4.78, 5) is 29.6. The average molecular weight is 517 g/mol. The van der Waals surface area contributed by atoms with Crippen molar-refractivity contribution in [1.29, 1.82) is 0 Å². The van der Waals surface area contributed by atoms with Gasteiger partial charge in [-0.1, -0.05) is 0 Å². The Morgan fingerprint density at radius 3 is 2.53 bits per heavy atom. The van der Waals surface area contributed by atoms with Crippen molar-refractivity contribution >= 4 is 23.3 Å². The van der Waals surface area contributed by atoms with Crippen LogP contribution in [0.15, 0.2) is 24.4 Å². The van der Waals surface area contributed by atoms with Crippen LogP contribution in [0, 0.1) is 0 Å². The molecular formula is C21H17F6N5O4. The van der Waals surface area contributed by atoms with Crippen LogP contribution in [0.3, 0.4) is 0 Å². The Balaban J connectivity index is 1.85. The molecule has 0 saturated carbocycles. The Morgan fingerprint density at radius 1 is 1.22 bits per heavy atom. The van der Waals surface area contributed by atoms with E-state index in [0.717, 1.165) is 17.5 Å². The molecule has 1 amide bonds. The Labute approximate surface area is 198 Å². The van der Waals surface area contributed by atoms with Crippen LogP contribution < -0.4 is 10.5 Å². The number of hydrogen-bond acceptors (Lipinski definition) is 7. The van der Waals surface area contributed by atoms with Gasteiger partial charge < -0.3 is 20.1 Å². The van der Waals surface area contributed by atoms with Crippen molar-refractivity contribution in [2.24, 2.45) is 0 Å². The number of ether oxygens (including phenoxy) is 2. The van der Waals surface area contributed by atoms with E-state index in [2.05, 4.69) is 14.8 Å². The SMILES string of the molecule is CCOC(=O)c1c(N)nn2ccc(-c3cc4c(c(OC(F)(F)F)c3)C(=O)N([C@@H](C)C(F)(F)F)C4)nc12. The van der Waals surface area contributed by atoms with Gasteiger partial charge in [-0.2, -0.15) is 13.2 Å². The zero-order valence-electron chi connectivity index (χ0n) is 18.6. The standard InChI is InChI=1S/C21H17F6N5O4/c1-3-35-19(34)15-16(28)30-32-5-4-12(29-17(15)32)10-6-11-8-31(9(2)20(22,23)24)18(33)14(11)13(7-10)36-21(25,26)27/h4-7,9H,3,8H2,1-2H3,(H2,28,30)/t9-/m0/s1. The lowest BCUT2D eigenvalue weighted by Gasteiger charge is -2.26. The maximum atomic E-state index is 13.3. The van der Waals surface area contributed by atoms with E-state index in [-0.39, 0.29) is 40.5 Å². The predicted octanol–water partition coefficient (Wildman–Crippen LogP) is 3.96. The third kappa shape index (κ3) is 4.47. The van der Waals surface area contributed by atoms with Crippen LogP contribution in [0.1, 0.15) is 40.1 Å². The van der Waals surface area contributed by atoms with Crippen molar-refractivity contribution in [2.75, 3.05) is 12.3 Å². The molecule has 2 N–H and O–H groups in total. The molecule has 0 unspecified atom stereocenters. The number of halogens is 6. The molecule has 0 spiro atoms. The van der Waals surface area contributed by atoms with E-state index in [9.17, 15) is 35.9 Å². The van der Waals surface area contributed by atoms with Gasteiger partial charge in [0.25, 0.3) is 5.91 Å². The molecule has 1 aromatic carbocycles. The first-order valence-corrected chi connectivity index (χ1v) is 10.3. The third-order valence-corrected chi connectivity index (χ3v) is 5.45. The molecule has 4 rings (SSSR count). The molecule has 3 aromatic rings. The summed E-state index contributed by atoms with van der Waals surface area (Å²) in [5.74, 6) is -3.25. The number of amides is 1. The van der Waals surface area contributed by atoms with Crippen molar-refractivity contribution in [3.63, 3.8) is 0 Å². The number of rotatable bonds is 5. The highest BCUT2D eigenvalue weighted by atomic mass is 19.4. The van der Waals surface area contributed by atoms with E-state index >= 15 is 0 Å². The van der Waals surface area contributed by atoms with Crippen molar-refractivity contribution < 1.29 is 45.4 Å². The van der Waals surface area contributed by atoms with Gasteiger partial charge in [-0.15, -0.1) is 18.3 Å². The number of fused-ring (bicyclic) bond motifs is 2. The summed E-state index contributed by atoms with van der Waals surface area (Å²) in [5.41, 5.74) is 4.79. The van der Waals surface area contributed by atoms with Crippen LogP contribution >= 0.6 is 0 Å². The normalized spacial score (nSPS) is 14.8. The van der Waals surface area contributed by atoms with Gasteiger partial charge in [-0.25, -0.2) is 14.3 Å². The molecule has 36 heavy (non-hydrogen) atoms. The number of carbonyl (C=O) groups is 2. The monoisotopic (exact) mass is 517 g/mol. The minimum Gasteiger partial charge on any atom is -0.462 e. The minimum absolute atomic E-state index is 0.0116. The number of aromatic nitrogens is 3. The molecule has 1 aliphatic heterocycles. The van der Waals surface area contributed by atoms with Gasteiger partial charge in [0, 0.05) is 18.3 Å². The van der Waals surface area contributed by atoms with E-state index in [1.165, 1.54) is 18.3 Å². The zero-order chi connectivity index (χ0) is 26.6. The quantitative estimate of drug-likeness (QED) is 0.403. The van der Waals surface area contributed by atoms with E-state index in [1.54, 1.807) is 6.92 Å². The number of nitrogens with zero attached hydrogens (tertiary/aromatic N) is 4. The minimum atomic E-state index is -5.23. The van der Waals surface area contributed by atoms with Crippen molar-refractivity contribution in [2.45, 2.75) is 39.0 Å². The molecule has 192 valence electrons. The molecule has 1 atom stereocenters. The van der Waals surface area contributed by atoms with E-state index in [0.29, 0.717) is 4.90 Å². The van der Waals surface area contributed by atoms with Gasteiger partial charge >= 0.3 is 18.5 Å². The fraction of sp³-hybridized carbons (Fsp3) is 0.333. The van der Waals surface area contributed by atoms with E-state index < -0.39 is 48.3 Å². The van der Waals surface area contributed by atoms with Gasteiger partial charge in [0.15, 0.2) is 11.5 Å². The summed E-state index contributed by atoms with van der Waals surface area (Å²) >= 11 is 0. The highest BCUT2D eigenvalue weighted by Crippen LogP contribution is 2.40. The maximum Gasteiger partial charge on any atom is 0.573 e. The van der Waals surface area contributed by atoms with E-state index in [4.69, 9.17) is 10.5 Å². The molecule has 3 heterocycles. The Bertz CT molecular complexity index is 1370. The average Bonchev–Trinajstić information content (AvgIpc) is 3.27. The smallest absolute Gasteiger partial charge is 0.462 e. The molecule has 0 bridgehead atoms. The molecule has 1 aliphatic rings. The second-order valence-electron chi connectivity index (χ2n) is 7.77. The number of nitrogen functional groups attached to an aromatic ring is 1. The summed E-state index contributed by atoms with van der Waals surface area (Å²) in [6.45, 7) is 1.72. The summed E-state index contributed by atoms with van der Waals surface area (Å²) in [7, 11) is 0. The van der Waals surface area contributed by atoms with Crippen molar-refractivity contribution in [3.8, 4) is 17.0 Å². The lowest BCUT2D eigenvalue weighted by Crippen LogP contribution is -2.43. The van der Waals surface area contributed by atoms with Gasteiger partial charge in [-0.3, -0.25) is 4.79 Å². The molecule has 15 heteroatoms. The first kappa shape index (κ1) is 25.1. The molecule has 0 radical (unpaired) electrons. The number of nitrogens with two attached hydrogens (primary N) is 1. The molecule has 0 aliphatic carbocycles. The van der Waals surface area contributed by atoms with E-state index in [1.807, 2.05) is 0 Å². The largest absolute Gasteiger partial charge is 0.573 e. The Hall–Kier alpha value is -4.04. The Morgan fingerprint density at radius 2 is 1.92 bits per heavy atom. The third-order valence-electron chi connectivity index (χ3n) is 5.45. The fourth-order valence-corrected chi connectivity index (χ4v) is 3.79. The van der Waals surface area contributed by atoms with Crippen LogP contribution in [0.2, 0.25) is 0 Å².